The average molecular weight is 472 g/mol. The molecule has 0 aliphatic heterocycles. The monoisotopic (exact) mass is 471 g/mol. The SMILES string of the molecule is CCc1nc2ccccc2c(C(=O)OCC(=O)Nc2ccc([N+](=O)[O-])cc2Br)c1C. The topological polar surface area (TPSA) is 111 Å². The van der Waals surface area contributed by atoms with Crippen LogP contribution >= 0.6 is 15.9 Å². The number of anilines is 1. The molecule has 0 atom stereocenters. The van der Waals surface area contributed by atoms with Crippen LogP contribution in [-0.2, 0) is 16.0 Å². The number of carbonyl (C=O) groups excluding carboxylic acids is 2. The van der Waals surface area contributed by atoms with Gasteiger partial charge in [0.1, 0.15) is 0 Å². The van der Waals surface area contributed by atoms with Crippen molar-refractivity contribution in [2.45, 2.75) is 20.3 Å². The Morgan fingerprint density at radius 3 is 2.63 bits per heavy atom. The molecule has 0 saturated heterocycles. The van der Waals surface area contributed by atoms with Gasteiger partial charge in [-0.2, -0.15) is 0 Å². The zero-order valence-corrected chi connectivity index (χ0v) is 17.9. The van der Waals surface area contributed by atoms with Crippen molar-refractivity contribution in [1.82, 2.24) is 4.98 Å². The molecule has 0 bridgehead atoms. The number of pyridine rings is 1. The second-order valence-electron chi connectivity index (χ2n) is 6.47. The third kappa shape index (κ3) is 4.46. The summed E-state index contributed by atoms with van der Waals surface area (Å²) in [5.41, 5.74) is 2.81. The number of esters is 1. The number of nitro benzene ring substituents is 1. The summed E-state index contributed by atoms with van der Waals surface area (Å²) in [7, 11) is 0. The molecule has 9 heteroatoms. The predicted molar refractivity (Wildman–Crippen MR) is 116 cm³/mol. The van der Waals surface area contributed by atoms with Crippen molar-refractivity contribution < 1.29 is 19.2 Å². The molecule has 0 unspecified atom stereocenters. The molecular weight excluding hydrogens is 454 g/mol. The maximum Gasteiger partial charge on any atom is 0.339 e. The lowest BCUT2D eigenvalue weighted by Gasteiger charge is -2.13. The van der Waals surface area contributed by atoms with Gasteiger partial charge in [0.2, 0.25) is 0 Å². The van der Waals surface area contributed by atoms with Crippen LogP contribution in [0.15, 0.2) is 46.9 Å². The first-order chi connectivity index (χ1) is 14.3. The molecule has 0 spiro atoms. The minimum absolute atomic E-state index is 0.113. The van der Waals surface area contributed by atoms with Crippen LogP contribution in [0.25, 0.3) is 10.9 Å². The van der Waals surface area contributed by atoms with Crippen LogP contribution in [0.5, 0.6) is 0 Å². The van der Waals surface area contributed by atoms with Crippen LogP contribution in [0.3, 0.4) is 0 Å². The van der Waals surface area contributed by atoms with E-state index < -0.39 is 23.4 Å². The number of aryl methyl sites for hydroxylation is 1. The Labute approximate surface area is 180 Å². The Morgan fingerprint density at radius 2 is 1.97 bits per heavy atom. The van der Waals surface area contributed by atoms with E-state index in [1.54, 1.807) is 6.07 Å². The van der Waals surface area contributed by atoms with Crippen LogP contribution in [0.1, 0.15) is 28.5 Å². The van der Waals surface area contributed by atoms with E-state index >= 15 is 0 Å². The van der Waals surface area contributed by atoms with Crippen LogP contribution in [0.4, 0.5) is 11.4 Å². The van der Waals surface area contributed by atoms with Gasteiger partial charge in [-0.3, -0.25) is 19.9 Å². The van der Waals surface area contributed by atoms with Crippen molar-refractivity contribution in [3.05, 3.63) is 73.9 Å². The first-order valence-electron chi connectivity index (χ1n) is 9.11. The quantitative estimate of drug-likeness (QED) is 0.320. The largest absolute Gasteiger partial charge is 0.452 e. The van der Waals surface area contributed by atoms with E-state index in [1.807, 2.05) is 32.0 Å². The van der Waals surface area contributed by atoms with Crippen LogP contribution in [0.2, 0.25) is 0 Å². The fraction of sp³-hybridized carbons (Fsp3) is 0.190. The number of amides is 1. The first-order valence-corrected chi connectivity index (χ1v) is 9.90. The molecule has 0 aliphatic rings. The maximum atomic E-state index is 12.8. The number of fused-ring (bicyclic) bond motifs is 1. The van der Waals surface area contributed by atoms with Gasteiger partial charge in [-0.15, -0.1) is 0 Å². The zero-order valence-electron chi connectivity index (χ0n) is 16.3. The van der Waals surface area contributed by atoms with Gasteiger partial charge < -0.3 is 10.1 Å². The molecule has 0 aliphatic carbocycles. The third-order valence-corrected chi connectivity index (χ3v) is 5.20. The highest BCUT2D eigenvalue weighted by atomic mass is 79.9. The van der Waals surface area contributed by atoms with Crippen molar-refractivity contribution in [3.63, 3.8) is 0 Å². The number of halogens is 1. The van der Waals surface area contributed by atoms with Crippen molar-refractivity contribution in [2.24, 2.45) is 0 Å². The molecule has 154 valence electrons. The van der Waals surface area contributed by atoms with Gasteiger partial charge in [-0.25, -0.2) is 4.79 Å². The van der Waals surface area contributed by atoms with Crippen molar-refractivity contribution >= 4 is 50.1 Å². The summed E-state index contributed by atoms with van der Waals surface area (Å²) in [6, 6.07) is 11.2. The summed E-state index contributed by atoms with van der Waals surface area (Å²) in [6.07, 6.45) is 0.658. The number of nitro groups is 1. The van der Waals surface area contributed by atoms with Gasteiger partial charge >= 0.3 is 5.97 Å². The van der Waals surface area contributed by atoms with Gasteiger partial charge in [-0.05, 0) is 47.0 Å². The average Bonchev–Trinajstić information content (AvgIpc) is 2.72. The number of rotatable bonds is 6. The summed E-state index contributed by atoms with van der Waals surface area (Å²) in [5, 5.41) is 14.0. The number of hydrogen-bond donors (Lipinski definition) is 1. The number of nitrogens with one attached hydrogen (secondary N) is 1. The van der Waals surface area contributed by atoms with Crippen LogP contribution in [-0.4, -0.2) is 28.4 Å². The Balaban J connectivity index is 1.75. The van der Waals surface area contributed by atoms with Gasteiger partial charge in [-0.1, -0.05) is 25.1 Å². The molecular formula is C21H18BrN3O5. The van der Waals surface area contributed by atoms with E-state index in [0.717, 1.165) is 11.3 Å². The number of nitrogens with zero attached hydrogens (tertiary/aromatic N) is 2. The van der Waals surface area contributed by atoms with Crippen molar-refractivity contribution in [2.75, 3.05) is 11.9 Å². The summed E-state index contributed by atoms with van der Waals surface area (Å²) in [4.78, 5) is 39.9. The molecule has 2 aromatic carbocycles. The summed E-state index contributed by atoms with van der Waals surface area (Å²) >= 11 is 3.18. The van der Waals surface area contributed by atoms with E-state index in [0.29, 0.717) is 33.0 Å². The number of benzene rings is 2. The van der Waals surface area contributed by atoms with Crippen molar-refractivity contribution in [3.8, 4) is 0 Å². The Morgan fingerprint density at radius 1 is 1.23 bits per heavy atom. The molecule has 1 N–H and O–H groups in total. The molecule has 3 rings (SSSR count). The summed E-state index contributed by atoms with van der Waals surface area (Å²) in [6.45, 7) is 3.26. The number of para-hydroxylation sites is 1. The molecule has 0 radical (unpaired) electrons. The summed E-state index contributed by atoms with van der Waals surface area (Å²) < 4.78 is 5.60. The fourth-order valence-corrected chi connectivity index (χ4v) is 3.54. The molecule has 0 saturated carbocycles. The minimum atomic E-state index is -0.612. The fourth-order valence-electron chi connectivity index (χ4n) is 3.07. The second kappa shape index (κ2) is 9.00. The van der Waals surface area contributed by atoms with Crippen LogP contribution < -0.4 is 5.32 Å². The highest BCUT2D eigenvalue weighted by Gasteiger charge is 2.20. The molecule has 1 heterocycles. The lowest BCUT2D eigenvalue weighted by molar-refractivity contribution is -0.384. The highest BCUT2D eigenvalue weighted by Crippen LogP contribution is 2.27. The minimum Gasteiger partial charge on any atom is -0.452 e. The molecule has 1 amide bonds. The van der Waals surface area contributed by atoms with Gasteiger partial charge in [0.05, 0.1) is 21.7 Å². The Bertz CT molecular complexity index is 1160. The maximum absolute atomic E-state index is 12.8. The predicted octanol–water partition coefficient (Wildman–Crippen LogP) is 4.57. The third-order valence-electron chi connectivity index (χ3n) is 4.55. The summed E-state index contributed by atoms with van der Waals surface area (Å²) in [5.74, 6) is -1.18. The van der Waals surface area contributed by atoms with Crippen molar-refractivity contribution in [1.29, 1.82) is 0 Å². The standard InChI is InChI=1S/C21H18BrN3O5/c1-3-16-12(2)20(14-6-4-5-7-17(14)23-16)21(27)30-11-19(26)24-18-9-8-13(25(28)29)10-15(18)22/h4-10H,3,11H2,1-2H3,(H,24,26). The highest BCUT2D eigenvalue weighted by molar-refractivity contribution is 9.10. The first kappa shape index (κ1) is 21.4. The number of ether oxygens (including phenoxy) is 1. The molecule has 30 heavy (non-hydrogen) atoms. The molecule has 0 fully saturated rings. The van der Waals surface area contributed by atoms with E-state index in [-0.39, 0.29) is 5.69 Å². The van der Waals surface area contributed by atoms with E-state index in [4.69, 9.17) is 4.74 Å². The van der Waals surface area contributed by atoms with E-state index in [9.17, 15) is 19.7 Å². The van der Waals surface area contributed by atoms with Gasteiger partial charge in [0.15, 0.2) is 6.61 Å². The van der Waals surface area contributed by atoms with Crippen LogP contribution in [0, 0.1) is 17.0 Å². The zero-order chi connectivity index (χ0) is 21.8. The van der Waals surface area contributed by atoms with Gasteiger partial charge in [0.25, 0.3) is 11.6 Å². The lowest BCUT2D eigenvalue weighted by Crippen LogP contribution is -2.22. The normalized spacial score (nSPS) is 10.6. The number of aromatic nitrogens is 1. The Hall–Kier alpha value is -3.33. The molecule has 1 aromatic heterocycles. The van der Waals surface area contributed by atoms with E-state index in [1.165, 1.54) is 18.2 Å². The number of carbonyl (C=O) groups is 2. The lowest BCUT2D eigenvalue weighted by atomic mass is 10.0. The second-order valence-corrected chi connectivity index (χ2v) is 7.33. The molecule has 8 nitrogen and oxygen atoms in total. The number of non-ortho nitro benzene ring substituents is 1. The van der Waals surface area contributed by atoms with Gasteiger partial charge in [0, 0.05) is 27.7 Å². The van der Waals surface area contributed by atoms with E-state index in [2.05, 4.69) is 26.2 Å². The molecule has 3 aromatic rings. The Kier molecular flexibility index (Phi) is 6.41. The number of hydrogen-bond acceptors (Lipinski definition) is 6. The smallest absolute Gasteiger partial charge is 0.339 e.